The minimum atomic E-state index is -0.314. The quantitative estimate of drug-likeness (QED) is 0.255. The molecule has 170 valence electrons. The first-order chi connectivity index (χ1) is 15.9. The van der Waals surface area contributed by atoms with Gasteiger partial charge >= 0.3 is 5.63 Å². The summed E-state index contributed by atoms with van der Waals surface area (Å²) in [6.45, 7) is 8.00. The number of carbonyl (C=O) groups excluding carboxylic acids is 1. The lowest BCUT2D eigenvalue weighted by Gasteiger charge is -2.21. The first-order valence-electron chi connectivity index (χ1n) is 10.9. The van der Waals surface area contributed by atoms with Crippen molar-refractivity contribution in [1.29, 1.82) is 0 Å². The Labute approximate surface area is 201 Å². The number of thiophene rings is 2. The van der Waals surface area contributed by atoms with Crippen LogP contribution in [-0.4, -0.2) is 26.0 Å². The second-order valence-electron chi connectivity index (χ2n) is 7.56. The van der Waals surface area contributed by atoms with Crippen molar-refractivity contribution in [2.45, 2.75) is 20.8 Å². The Bertz CT molecular complexity index is 1390. The van der Waals surface area contributed by atoms with Crippen LogP contribution in [0.2, 0.25) is 0 Å². The summed E-state index contributed by atoms with van der Waals surface area (Å²) in [5, 5.41) is 3.52. The highest BCUT2D eigenvalue weighted by Gasteiger charge is 2.17. The summed E-state index contributed by atoms with van der Waals surface area (Å²) in [6, 6.07) is 14.1. The molecule has 1 amide bonds. The molecule has 0 bridgehead atoms. The largest absolute Gasteiger partial charge is 0.422 e. The van der Waals surface area contributed by atoms with Crippen molar-refractivity contribution >= 4 is 51.3 Å². The lowest BCUT2D eigenvalue weighted by atomic mass is 10.0. The van der Waals surface area contributed by atoms with E-state index in [4.69, 9.17) is 4.42 Å². The number of amides is 1. The number of likely N-dealkylation sites (N-methyl/N-ethyl adjacent to an activating group) is 1. The van der Waals surface area contributed by atoms with Gasteiger partial charge in [-0.2, -0.15) is 0 Å². The Morgan fingerprint density at radius 2 is 1.73 bits per heavy atom. The topological polar surface area (TPSA) is 62.6 Å². The van der Waals surface area contributed by atoms with Gasteiger partial charge in [-0.25, -0.2) is 4.79 Å². The minimum Gasteiger partial charge on any atom is -0.422 e. The number of fused-ring (bicyclic) bond motifs is 1. The molecule has 0 spiro atoms. The Balaban J connectivity index is 1.69. The SMILES string of the molecule is CCN(CC)c1ccc2c(C)c(-c3ccc(-c4ccc(/C=C/C(=O)NC)s4)s3)c(=O)oc2c1. The van der Waals surface area contributed by atoms with Crippen molar-refractivity contribution in [3.05, 3.63) is 69.4 Å². The lowest BCUT2D eigenvalue weighted by Crippen LogP contribution is -2.21. The van der Waals surface area contributed by atoms with Crippen LogP contribution < -0.4 is 15.8 Å². The van der Waals surface area contributed by atoms with Crippen molar-refractivity contribution in [2.24, 2.45) is 0 Å². The van der Waals surface area contributed by atoms with E-state index in [0.29, 0.717) is 11.1 Å². The van der Waals surface area contributed by atoms with Gasteiger partial charge in [0.1, 0.15) is 5.58 Å². The molecule has 0 saturated carbocycles. The number of aryl methyl sites for hydroxylation is 1. The van der Waals surface area contributed by atoms with E-state index in [1.54, 1.807) is 35.8 Å². The Hall–Kier alpha value is -3.16. The molecule has 0 aliphatic carbocycles. The molecule has 0 radical (unpaired) electrons. The van der Waals surface area contributed by atoms with Crippen LogP contribution in [0.3, 0.4) is 0 Å². The van der Waals surface area contributed by atoms with Gasteiger partial charge in [0.15, 0.2) is 0 Å². The van der Waals surface area contributed by atoms with Gasteiger partial charge in [-0.3, -0.25) is 4.79 Å². The summed E-state index contributed by atoms with van der Waals surface area (Å²) < 4.78 is 5.77. The predicted molar refractivity (Wildman–Crippen MR) is 141 cm³/mol. The van der Waals surface area contributed by atoms with Crippen molar-refractivity contribution in [1.82, 2.24) is 5.32 Å². The van der Waals surface area contributed by atoms with Crippen LogP contribution in [0.1, 0.15) is 24.3 Å². The number of rotatable bonds is 7. The van der Waals surface area contributed by atoms with E-state index < -0.39 is 0 Å². The Morgan fingerprint density at radius 1 is 1.03 bits per heavy atom. The zero-order valence-electron chi connectivity index (χ0n) is 19.1. The summed E-state index contributed by atoms with van der Waals surface area (Å²) in [4.78, 5) is 30.7. The molecule has 4 rings (SSSR count). The third-order valence-electron chi connectivity index (χ3n) is 5.65. The van der Waals surface area contributed by atoms with Crippen molar-refractivity contribution in [2.75, 3.05) is 25.0 Å². The fourth-order valence-corrected chi connectivity index (χ4v) is 5.93. The number of nitrogens with one attached hydrogen (secondary N) is 1. The highest BCUT2D eigenvalue weighted by atomic mass is 32.1. The molecular formula is C26H26N2O3S2. The van der Waals surface area contributed by atoms with Gasteiger partial charge < -0.3 is 14.6 Å². The fourth-order valence-electron chi connectivity index (χ4n) is 3.84. The van der Waals surface area contributed by atoms with Gasteiger partial charge in [0.05, 0.1) is 5.56 Å². The van der Waals surface area contributed by atoms with Crippen LogP contribution in [0.4, 0.5) is 5.69 Å². The first kappa shape index (κ1) is 23.0. The summed E-state index contributed by atoms with van der Waals surface area (Å²) >= 11 is 3.18. The van der Waals surface area contributed by atoms with Crippen LogP contribution in [0.25, 0.3) is 37.2 Å². The fraction of sp³-hybridized carbons (Fsp3) is 0.231. The highest BCUT2D eigenvalue weighted by molar-refractivity contribution is 7.24. The second kappa shape index (κ2) is 9.77. The summed E-state index contributed by atoms with van der Waals surface area (Å²) in [5.41, 5.74) is 2.91. The third-order valence-corrected chi connectivity index (χ3v) is 8.00. The zero-order chi connectivity index (χ0) is 23.5. The summed E-state index contributed by atoms with van der Waals surface area (Å²) in [7, 11) is 1.61. The molecule has 3 heterocycles. The molecule has 0 unspecified atom stereocenters. The smallest absolute Gasteiger partial charge is 0.345 e. The van der Waals surface area contributed by atoms with E-state index in [9.17, 15) is 9.59 Å². The zero-order valence-corrected chi connectivity index (χ0v) is 20.7. The van der Waals surface area contributed by atoms with E-state index in [2.05, 4.69) is 30.1 Å². The number of hydrogen-bond donors (Lipinski definition) is 1. The third kappa shape index (κ3) is 4.65. The van der Waals surface area contributed by atoms with Crippen LogP contribution in [0, 0.1) is 6.92 Å². The van der Waals surface area contributed by atoms with Crippen molar-refractivity contribution < 1.29 is 9.21 Å². The number of hydrogen-bond acceptors (Lipinski definition) is 6. The van der Waals surface area contributed by atoms with E-state index in [1.165, 1.54) is 6.08 Å². The molecule has 0 aliphatic heterocycles. The van der Waals surface area contributed by atoms with Crippen LogP contribution in [0.5, 0.6) is 0 Å². The molecule has 5 nitrogen and oxygen atoms in total. The molecule has 0 aliphatic rings. The van der Waals surface area contributed by atoms with Gasteiger partial charge in [0.25, 0.3) is 0 Å². The minimum absolute atomic E-state index is 0.133. The Kier molecular flexibility index (Phi) is 6.81. The molecule has 0 atom stereocenters. The van der Waals surface area contributed by atoms with Crippen molar-refractivity contribution in [3.63, 3.8) is 0 Å². The maximum Gasteiger partial charge on any atom is 0.345 e. The highest BCUT2D eigenvalue weighted by Crippen LogP contribution is 2.39. The van der Waals surface area contributed by atoms with Gasteiger partial charge in [-0.15, -0.1) is 22.7 Å². The van der Waals surface area contributed by atoms with Crippen LogP contribution >= 0.6 is 22.7 Å². The van der Waals surface area contributed by atoms with Gasteiger partial charge in [-0.05, 0) is 68.8 Å². The van der Waals surface area contributed by atoms with Crippen LogP contribution in [0.15, 0.2) is 57.8 Å². The first-order valence-corrected chi connectivity index (χ1v) is 12.5. The van der Waals surface area contributed by atoms with E-state index in [-0.39, 0.29) is 11.5 Å². The van der Waals surface area contributed by atoms with Gasteiger partial charge in [0.2, 0.25) is 5.91 Å². The molecule has 0 saturated heterocycles. The summed E-state index contributed by atoms with van der Waals surface area (Å²) in [5.74, 6) is -0.133. The maximum absolute atomic E-state index is 13.0. The molecular weight excluding hydrogens is 452 g/mol. The maximum atomic E-state index is 13.0. The molecule has 33 heavy (non-hydrogen) atoms. The molecule has 1 aromatic carbocycles. The molecule has 7 heteroatoms. The molecule has 0 fully saturated rings. The van der Waals surface area contributed by atoms with Crippen molar-refractivity contribution in [3.8, 4) is 20.2 Å². The summed E-state index contributed by atoms with van der Waals surface area (Å²) in [6.07, 6.45) is 3.32. The van der Waals surface area contributed by atoms with E-state index in [0.717, 1.165) is 49.2 Å². The standard InChI is InChI=1S/C26H26N2O3S2/c1-5-28(6-2)17-7-10-19-16(3)25(26(30)31-20(19)15-17)23-13-12-22(33-23)21-11-8-18(32-21)9-14-24(29)27-4/h7-15H,5-6H2,1-4H3,(H,27,29)/b14-9+. The van der Waals surface area contributed by atoms with Gasteiger partial charge in [0, 0.05) is 62.9 Å². The average molecular weight is 479 g/mol. The van der Waals surface area contributed by atoms with Gasteiger partial charge in [-0.1, -0.05) is 0 Å². The monoisotopic (exact) mass is 478 g/mol. The number of carbonyl (C=O) groups is 1. The average Bonchev–Trinajstić information content (AvgIpc) is 3.48. The second-order valence-corrected chi connectivity index (χ2v) is 9.75. The van der Waals surface area contributed by atoms with E-state index in [1.807, 2.05) is 43.3 Å². The molecule has 1 N–H and O–H groups in total. The number of benzene rings is 1. The van der Waals surface area contributed by atoms with Crippen LogP contribution in [-0.2, 0) is 4.79 Å². The number of anilines is 1. The molecule has 4 aromatic rings. The normalized spacial score (nSPS) is 11.4. The van der Waals surface area contributed by atoms with E-state index >= 15 is 0 Å². The lowest BCUT2D eigenvalue weighted by molar-refractivity contribution is -0.115. The molecule has 3 aromatic heterocycles. The Morgan fingerprint density at radius 3 is 2.45 bits per heavy atom. The number of nitrogens with zero attached hydrogens (tertiary/aromatic N) is 1. The predicted octanol–water partition coefficient (Wildman–Crippen LogP) is 6.16.